The van der Waals surface area contributed by atoms with Gasteiger partial charge in [-0.25, -0.2) is 9.82 Å². The molecule has 0 radical (unpaired) electrons. The predicted octanol–water partition coefficient (Wildman–Crippen LogP) is 4.84. The van der Waals surface area contributed by atoms with E-state index in [0.29, 0.717) is 30.3 Å². The standard InChI is InChI=1S/C27H28FN3O4/c1-4-34-25-15-21(13-14-24(25)35-17-20-11-9-18(2)10-12-20)16-29-31-27(33)19(3)26(32)30-23-8-6-5-7-22(23)28/h5-16,19H,4,17H2,1-3H3,(H,30,32)(H,31,33). The first-order chi connectivity index (χ1) is 16.9. The molecule has 0 saturated heterocycles. The first-order valence-electron chi connectivity index (χ1n) is 11.2. The summed E-state index contributed by atoms with van der Waals surface area (Å²) in [5.41, 5.74) is 5.23. The molecular weight excluding hydrogens is 449 g/mol. The van der Waals surface area contributed by atoms with Crippen LogP contribution in [0.2, 0.25) is 0 Å². The number of nitrogens with one attached hydrogen (secondary N) is 2. The van der Waals surface area contributed by atoms with Gasteiger partial charge < -0.3 is 14.8 Å². The highest BCUT2D eigenvalue weighted by Gasteiger charge is 2.22. The van der Waals surface area contributed by atoms with Gasteiger partial charge in [0.2, 0.25) is 5.91 Å². The third-order valence-corrected chi connectivity index (χ3v) is 5.09. The summed E-state index contributed by atoms with van der Waals surface area (Å²) < 4.78 is 25.3. The third kappa shape index (κ3) is 7.40. The number of hydrogen-bond donors (Lipinski definition) is 2. The Morgan fingerprint density at radius 3 is 2.46 bits per heavy atom. The molecule has 2 amide bonds. The van der Waals surface area contributed by atoms with Crippen LogP contribution in [0.4, 0.5) is 10.1 Å². The van der Waals surface area contributed by atoms with Gasteiger partial charge in [0.25, 0.3) is 5.91 Å². The lowest BCUT2D eigenvalue weighted by atomic mass is 10.1. The van der Waals surface area contributed by atoms with Crippen molar-refractivity contribution in [1.82, 2.24) is 5.43 Å². The lowest BCUT2D eigenvalue weighted by molar-refractivity contribution is -0.131. The van der Waals surface area contributed by atoms with E-state index in [1.165, 1.54) is 36.9 Å². The molecule has 0 aromatic heterocycles. The zero-order valence-corrected chi connectivity index (χ0v) is 19.9. The molecule has 0 saturated carbocycles. The second-order valence-corrected chi connectivity index (χ2v) is 7.84. The minimum atomic E-state index is -1.08. The summed E-state index contributed by atoms with van der Waals surface area (Å²) >= 11 is 0. The number of carbonyl (C=O) groups is 2. The Hall–Kier alpha value is -4.20. The summed E-state index contributed by atoms with van der Waals surface area (Å²) in [6.45, 7) is 6.16. The zero-order chi connectivity index (χ0) is 25.2. The van der Waals surface area contributed by atoms with Gasteiger partial charge in [-0.3, -0.25) is 9.59 Å². The molecular formula is C27H28FN3O4. The van der Waals surface area contributed by atoms with Gasteiger partial charge in [0, 0.05) is 0 Å². The van der Waals surface area contributed by atoms with Crippen molar-refractivity contribution in [3.05, 3.63) is 89.2 Å². The molecule has 0 fully saturated rings. The van der Waals surface area contributed by atoms with Crippen LogP contribution < -0.4 is 20.2 Å². The topological polar surface area (TPSA) is 89.0 Å². The molecule has 3 aromatic rings. The molecule has 0 spiro atoms. The number of carbonyl (C=O) groups excluding carboxylic acids is 2. The van der Waals surface area contributed by atoms with Crippen molar-refractivity contribution in [2.75, 3.05) is 11.9 Å². The molecule has 0 bridgehead atoms. The largest absolute Gasteiger partial charge is 0.490 e. The molecule has 35 heavy (non-hydrogen) atoms. The fourth-order valence-electron chi connectivity index (χ4n) is 3.03. The highest BCUT2D eigenvalue weighted by Crippen LogP contribution is 2.29. The summed E-state index contributed by atoms with van der Waals surface area (Å²) in [6, 6.07) is 19.1. The maximum atomic E-state index is 13.7. The maximum absolute atomic E-state index is 13.7. The Balaban J connectivity index is 1.58. The highest BCUT2D eigenvalue weighted by atomic mass is 19.1. The number of benzene rings is 3. The van der Waals surface area contributed by atoms with Crippen molar-refractivity contribution in [1.29, 1.82) is 0 Å². The summed E-state index contributed by atoms with van der Waals surface area (Å²) in [5.74, 6) is -1.79. The smallest absolute Gasteiger partial charge is 0.252 e. The summed E-state index contributed by atoms with van der Waals surface area (Å²) in [7, 11) is 0. The molecule has 1 atom stereocenters. The zero-order valence-electron chi connectivity index (χ0n) is 19.9. The predicted molar refractivity (Wildman–Crippen MR) is 133 cm³/mol. The second-order valence-electron chi connectivity index (χ2n) is 7.84. The van der Waals surface area contributed by atoms with Crippen LogP contribution in [0.25, 0.3) is 0 Å². The summed E-state index contributed by atoms with van der Waals surface area (Å²) in [4.78, 5) is 24.5. The molecule has 1 unspecified atom stereocenters. The fourth-order valence-corrected chi connectivity index (χ4v) is 3.03. The molecule has 8 heteroatoms. The first-order valence-corrected chi connectivity index (χ1v) is 11.2. The van der Waals surface area contributed by atoms with Gasteiger partial charge in [-0.1, -0.05) is 42.0 Å². The maximum Gasteiger partial charge on any atom is 0.252 e. The van der Waals surface area contributed by atoms with E-state index in [-0.39, 0.29) is 5.69 Å². The number of rotatable bonds is 10. The van der Waals surface area contributed by atoms with Crippen molar-refractivity contribution in [3.8, 4) is 11.5 Å². The number of anilines is 1. The van der Waals surface area contributed by atoms with Gasteiger partial charge in [0.15, 0.2) is 11.5 Å². The van der Waals surface area contributed by atoms with Crippen LogP contribution in [0, 0.1) is 18.7 Å². The Labute approximate surface area is 204 Å². The quantitative estimate of drug-likeness (QED) is 0.249. The van der Waals surface area contributed by atoms with Gasteiger partial charge in [0.05, 0.1) is 18.5 Å². The molecule has 7 nitrogen and oxygen atoms in total. The van der Waals surface area contributed by atoms with E-state index in [9.17, 15) is 14.0 Å². The molecule has 0 heterocycles. The van der Waals surface area contributed by atoms with E-state index >= 15 is 0 Å². The highest BCUT2D eigenvalue weighted by molar-refractivity contribution is 6.06. The van der Waals surface area contributed by atoms with Crippen molar-refractivity contribution >= 4 is 23.7 Å². The van der Waals surface area contributed by atoms with Gasteiger partial charge in [-0.05, 0) is 62.2 Å². The summed E-state index contributed by atoms with van der Waals surface area (Å²) in [6.07, 6.45) is 1.44. The van der Waals surface area contributed by atoms with Crippen LogP contribution in [0.1, 0.15) is 30.5 Å². The number of halogens is 1. The van der Waals surface area contributed by atoms with Crippen molar-refractivity contribution < 1.29 is 23.5 Å². The van der Waals surface area contributed by atoms with Crippen LogP contribution >= 0.6 is 0 Å². The van der Waals surface area contributed by atoms with Crippen molar-refractivity contribution in [3.63, 3.8) is 0 Å². The number of hydrogen-bond acceptors (Lipinski definition) is 5. The minimum Gasteiger partial charge on any atom is -0.490 e. The second kappa shape index (κ2) is 12.3. The number of aryl methyl sites for hydroxylation is 1. The van der Waals surface area contributed by atoms with Crippen LogP contribution in [0.3, 0.4) is 0 Å². The van der Waals surface area contributed by atoms with Crippen LogP contribution in [0.5, 0.6) is 11.5 Å². The number of hydrazone groups is 1. The SMILES string of the molecule is CCOc1cc(C=NNC(=O)C(C)C(=O)Nc2ccccc2F)ccc1OCc1ccc(C)cc1. The van der Waals surface area contributed by atoms with E-state index in [1.807, 2.05) is 38.1 Å². The number of amides is 2. The van der Waals surface area contributed by atoms with Gasteiger partial charge in [-0.2, -0.15) is 5.10 Å². The molecule has 2 N–H and O–H groups in total. The lowest BCUT2D eigenvalue weighted by Gasteiger charge is -2.13. The Morgan fingerprint density at radius 1 is 1.00 bits per heavy atom. The van der Waals surface area contributed by atoms with Crippen LogP contribution in [0.15, 0.2) is 71.8 Å². The normalized spacial score (nSPS) is 11.7. The number of nitrogens with zero attached hydrogens (tertiary/aromatic N) is 1. The van der Waals surface area contributed by atoms with Gasteiger partial charge in [0.1, 0.15) is 18.3 Å². The lowest BCUT2D eigenvalue weighted by Crippen LogP contribution is -2.34. The van der Waals surface area contributed by atoms with Crippen LogP contribution in [-0.2, 0) is 16.2 Å². The van der Waals surface area contributed by atoms with E-state index in [1.54, 1.807) is 24.3 Å². The van der Waals surface area contributed by atoms with Crippen molar-refractivity contribution in [2.45, 2.75) is 27.4 Å². The molecule has 0 aliphatic rings. The monoisotopic (exact) mass is 477 g/mol. The van der Waals surface area contributed by atoms with E-state index in [0.717, 1.165) is 5.56 Å². The third-order valence-electron chi connectivity index (χ3n) is 5.09. The van der Waals surface area contributed by atoms with Crippen molar-refractivity contribution in [2.24, 2.45) is 11.0 Å². The molecule has 0 aliphatic carbocycles. The van der Waals surface area contributed by atoms with E-state index < -0.39 is 23.5 Å². The van der Waals surface area contributed by atoms with E-state index in [2.05, 4.69) is 15.8 Å². The Bertz CT molecular complexity index is 1200. The molecule has 0 aliphatic heterocycles. The molecule has 3 rings (SSSR count). The average Bonchev–Trinajstić information content (AvgIpc) is 2.85. The fraction of sp³-hybridized carbons (Fsp3) is 0.222. The molecule has 3 aromatic carbocycles. The number of ether oxygens (including phenoxy) is 2. The average molecular weight is 478 g/mol. The first kappa shape index (κ1) is 25.4. The van der Waals surface area contributed by atoms with E-state index in [4.69, 9.17) is 9.47 Å². The Morgan fingerprint density at radius 2 is 1.74 bits per heavy atom. The van der Waals surface area contributed by atoms with Crippen LogP contribution in [-0.4, -0.2) is 24.6 Å². The molecule has 182 valence electrons. The Kier molecular flexibility index (Phi) is 8.95. The number of para-hydroxylation sites is 1. The summed E-state index contributed by atoms with van der Waals surface area (Å²) in [5, 5.41) is 6.32. The van der Waals surface area contributed by atoms with Gasteiger partial charge >= 0.3 is 0 Å². The van der Waals surface area contributed by atoms with Gasteiger partial charge in [-0.15, -0.1) is 0 Å². The minimum absolute atomic E-state index is 0.00814.